The number of hydrogen-bond donors (Lipinski definition) is 1. The summed E-state index contributed by atoms with van der Waals surface area (Å²) < 4.78 is 5.35. The van der Waals surface area contributed by atoms with Crippen LogP contribution in [0.2, 0.25) is 0 Å². The van der Waals surface area contributed by atoms with Gasteiger partial charge in [-0.1, -0.05) is 26.0 Å². The first-order valence-corrected chi connectivity index (χ1v) is 6.01. The summed E-state index contributed by atoms with van der Waals surface area (Å²) in [5.41, 5.74) is 2.11. The largest absolute Gasteiger partial charge is 0.480 e. The summed E-state index contributed by atoms with van der Waals surface area (Å²) in [7, 11) is 0. The molecule has 1 aliphatic heterocycles. The molecule has 0 spiro atoms. The molecule has 0 aliphatic carbocycles. The predicted octanol–water partition coefficient (Wildman–Crippen LogP) is 2.69. The van der Waals surface area contributed by atoms with E-state index in [1.54, 1.807) is 0 Å². The molecule has 4 heteroatoms. The number of fused-ring (bicyclic) bond motifs is 2. The van der Waals surface area contributed by atoms with Crippen LogP contribution in [0.25, 0.3) is 10.9 Å². The monoisotopic (exact) mass is 242 g/mol. The summed E-state index contributed by atoms with van der Waals surface area (Å²) in [6.07, 6.45) is 0. The van der Waals surface area contributed by atoms with E-state index in [1.807, 2.05) is 12.1 Å². The molecule has 0 saturated heterocycles. The molecule has 92 valence electrons. The van der Waals surface area contributed by atoms with Crippen molar-refractivity contribution in [2.75, 3.05) is 11.9 Å². The van der Waals surface area contributed by atoms with Crippen molar-refractivity contribution in [1.29, 1.82) is 0 Å². The summed E-state index contributed by atoms with van der Waals surface area (Å²) in [6, 6.07) is 8.11. The minimum absolute atomic E-state index is 0.0598. The molecule has 2 aromatic rings. The number of nitrogens with one attached hydrogen (secondary N) is 1. The lowest BCUT2D eigenvalue weighted by atomic mass is 10.0. The first-order chi connectivity index (χ1) is 8.63. The molecule has 2 heterocycles. The van der Waals surface area contributed by atoms with Crippen molar-refractivity contribution in [2.24, 2.45) is 0 Å². The smallest absolute Gasteiger partial charge is 0.263 e. The van der Waals surface area contributed by atoms with E-state index >= 15 is 0 Å². The summed E-state index contributed by atoms with van der Waals surface area (Å²) >= 11 is 0. The van der Waals surface area contributed by atoms with Crippen molar-refractivity contribution in [3.63, 3.8) is 0 Å². The third kappa shape index (κ3) is 1.79. The molecule has 0 atom stereocenters. The van der Waals surface area contributed by atoms with Crippen LogP contribution in [0.15, 0.2) is 24.3 Å². The van der Waals surface area contributed by atoms with Crippen LogP contribution in [0.3, 0.4) is 0 Å². The Balaban J connectivity index is 2.16. The number of hydrogen-bond acceptors (Lipinski definition) is 3. The highest BCUT2D eigenvalue weighted by Gasteiger charge is 2.18. The molecule has 1 amide bonds. The van der Waals surface area contributed by atoms with Gasteiger partial charge in [-0.3, -0.25) is 4.79 Å². The van der Waals surface area contributed by atoms with Crippen molar-refractivity contribution in [3.8, 4) is 5.75 Å². The number of benzene rings is 1. The molecule has 1 aliphatic rings. The maximum Gasteiger partial charge on any atom is 0.263 e. The zero-order valence-electron chi connectivity index (χ0n) is 10.4. The van der Waals surface area contributed by atoms with E-state index in [2.05, 4.69) is 36.3 Å². The Kier molecular flexibility index (Phi) is 2.44. The summed E-state index contributed by atoms with van der Waals surface area (Å²) in [4.78, 5) is 15.7. The van der Waals surface area contributed by atoms with Crippen LogP contribution in [0.4, 0.5) is 5.82 Å². The highest BCUT2D eigenvalue weighted by Crippen LogP contribution is 2.30. The van der Waals surface area contributed by atoms with Crippen LogP contribution in [0, 0.1) is 0 Å². The molecule has 0 fully saturated rings. The summed E-state index contributed by atoms with van der Waals surface area (Å²) in [6.45, 7) is 4.35. The molecule has 3 rings (SSSR count). The average Bonchev–Trinajstić information content (AvgIpc) is 2.35. The molecule has 1 aromatic carbocycles. The Hall–Kier alpha value is -2.10. The zero-order chi connectivity index (χ0) is 12.7. The minimum atomic E-state index is -0.158. The standard InChI is InChI=1S/C14H14N2O2/c1-8(2)9-3-4-10-6-12-14(15-11(10)5-9)16-13(17)7-18-12/h3-6,8H,7H2,1-2H3,(H,15,16,17). The van der Waals surface area contributed by atoms with Gasteiger partial charge in [0.15, 0.2) is 18.2 Å². The van der Waals surface area contributed by atoms with Gasteiger partial charge in [0.2, 0.25) is 0 Å². The van der Waals surface area contributed by atoms with Crippen LogP contribution in [-0.2, 0) is 4.79 Å². The fraction of sp³-hybridized carbons (Fsp3) is 0.286. The molecular weight excluding hydrogens is 228 g/mol. The lowest BCUT2D eigenvalue weighted by Crippen LogP contribution is -2.26. The highest BCUT2D eigenvalue weighted by atomic mass is 16.5. The van der Waals surface area contributed by atoms with Gasteiger partial charge in [0.1, 0.15) is 0 Å². The number of aromatic nitrogens is 1. The van der Waals surface area contributed by atoms with Crippen LogP contribution in [-0.4, -0.2) is 17.5 Å². The number of anilines is 1. The number of pyridine rings is 1. The third-order valence-electron chi connectivity index (χ3n) is 3.09. The fourth-order valence-electron chi connectivity index (χ4n) is 2.03. The van der Waals surface area contributed by atoms with E-state index in [0.29, 0.717) is 17.5 Å². The van der Waals surface area contributed by atoms with Gasteiger partial charge in [0, 0.05) is 5.39 Å². The third-order valence-corrected chi connectivity index (χ3v) is 3.09. The van der Waals surface area contributed by atoms with Crippen molar-refractivity contribution < 1.29 is 9.53 Å². The molecule has 0 bridgehead atoms. The van der Waals surface area contributed by atoms with Gasteiger partial charge < -0.3 is 10.1 Å². The number of amides is 1. The average molecular weight is 242 g/mol. The maximum atomic E-state index is 11.3. The summed E-state index contributed by atoms with van der Waals surface area (Å²) in [5, 5.41) is 3.75. The first-order valence-electron chi connectivity index (χ1n) is 6.01. The number of nitrogens with zero attached hydrogens (tertiary/aromatic N) is 1. The van der Waals surface area contributed by atoms with Crippen LogP contribution in [0.1, 0.15) is 25.3 Å². The van der Waals surface area contributed by atoms with Crippen molar-refractivity contribution in [2.45, 2.75) is 19.8 Å². The van der Waals surface area contributed by atoms with Gasteiger partial charge >= 0.3 is 0 Å². The fourth-order valence-corrected chi connectivity index (χ4v) is 2.03. The van der Waals surface area contributed by atoms with Gasteiger partial charge in [-0.05, 0) is 23.6 Å². The zero-order valence-corrected chi connectivity index (χ0v) is 10.4. The Bertz CT molecular complexity index is 635. The van der Waals surface area contributed by atoms with E-state index in [1.165, 1.54) is 5.56 Å². The first kappa shape index (κ1) is 11.0. The number of rotatable bonds is 1. The van der Waals surface area contributed by atoms with Crippen LogP contribution in [0.5, 0.6) is 5.75 Å². The van der Waals surface area contributed by atoms with E-state index in [4.69, 9.17) is 4.74 Å². The number of carbonyl (C=O) groups is 1. The van der Waals surface area contributed by atoms with E-state index in [0.717, 1.165) is 10.9 Å². The molecule has 0 saturated carbocycles. The molecule has 0 radical (unpaired) electrons. The van der Waals surface area contributed by atoms with Crippen LogP contribution >= 0.6 is 0 Å². The molecule has 0 unspecified atom stereocenters. The molecule has 4 nitrogen and oxygen atoms in total. The maximum absolute atomic E-state index is 11.3. The molecule has 1 N–H and O–H groups in total. The predicted molar refractivity (Wildman–Crippen MR) is 70.0 cm³/mol. The Morgan fingerprint density at radius 1 is 1.33 bits per heavy atom. The quantitative estimate of drug-likeness (QED) is 0.836. The second-order valence-corrected chi connectivity index (χ2v) is 4.78. The van der Waals surface area contributed by atoms with Crippen molar-refractivity contribution in [1.82, 2.24) is 4.98 Å². The lowest BCUT2D eigenvalue weighted by molar-refractivity contribution is -0.118. The van der Waals surface area contributed by atoms with Crippen LogP contribution < -0.4 is 10.1 Å². The van der Waals surface area contributed by atoms with Crippen molar-refractivity contribution in [3.05, 3.63) is 29.8 Å². The minimum Gasteiger partial charge on any atom is -0.480 e. The highest BCUT2D eigenvalue weighted by molar-refractivity contribution is 5.96. The van der Waals surface area contributed by atoms with E-state index in [9.17, 15) is 4.79 Å². The second kappa shape index (κ2) is 3.98. The number of ether oxygens (including phenoxy) is 1. The SMILES string of the molecule is CC(C)c1ccc2cc3c(nc2c1)NC(=O)CO3. The van der Waals surface area contributed by atoms with Gasteiger partial charge in [0.05, 0.1) is 5.52 Å². The van der Waals surface area contributed by atoms with Gasteiger partial charge in [-0.15, -0.1) is 0 Å². The van der Waals surface area contributed by atoms with Gasteiger partial charge in [-0.25, -0.2) is 4.98 Å². The molecule has 18 heavy (non-hydrogen) atoms. The number of carbonyl (C=O) groups excluding carboxylic acids is 1. The Labute approximate surface area is 105 Å². The molecular formula is C14H14N2O2. The Morgan fingerprint density at radius 2 is 2.17 bits per heavy atom. The van der Waals surface area contributed by atoms with E-state index in [-0.39, 0.29) is 12.5 Å². The lowest BCUT2D eigenvalue weighted by Gasteiger charge is -2.17. The topological polar surface area (TPSA) is 51.2 Å². The normalized spacial score (nSPS) is 14.3. The second-order valence-electron chi connectivity index (χ2n) is 4.78. The van der Waals surface area contributed by atoms with Gasteiger partial charge in [0.25, 0.3) is 5.91 Å². The Morgan fingerprint density at radius 3 is 2.94 bits per heavy atom. The molecule has 1 aromatic heterocycles. The summed E-state index contributed by atoms with van der Waals surface area (Å²) in [5.74, 6) is 1.45. The van der Waals surface area contributed by atoms with E-state index < -0.39 is 0 Å². The van der Waals surface area contributed by atoms with Crippen molar-refractivity contribution >= 4 is 22.6 Å². The van der Waals surface area contributed by atoms with Gasteiger partial charge in [-0.2, -0.15) is 0 Å².